The van der Waals surface area contributed by atoms with Gasteiger partial charge in [0.1, 0.15) is 10.4 Å². The molecule has 21 heavy (non-hydrogen) atoms. The van der Waals surface area contributed by atoms with Crippen LogP contribution in [-0.2, 0) is 13.6 Å². The minimum Gasteiger partial charge on any atom is -0.389 e. The summed E-state index contributed by atoms with van der Waals surface area (Å²) in [4.78, 5) is 12.6. The molecule has 0 aliphatic rings. The number of aryl methyl sites for hydroxylation is 1. The van der Waals surface area contributed by atoms with Gasteiger partial charge in [0.15, 0.2) is 5.65 Å². The molecule has 0 spiro atoms. The summed E-state index contributed by atoms with van der Waals surface area (Å²) in [7, 11) is 1.71. The van der Waals surface area contributed by atoms with Gasteiger partial charge in [0, 0.05) is 12.6 Å². The van der Waals surface area contributed by atoms with Gasteiger partial charge >= 0.3 is 0 Å². The first-order valence-electron chi connectivity index (χ1n) is 6.20. The molecule has 0 atom stereocenters. The number of hydrogen-bond acceptors (Lipinski definition) is 5. The summed E-state index contributed by atoms with van der Waals surface area (Å²) in [5.41, 5.74) is 7.48. The number of hydrogen-bond donors (Lipinski definition) is 1. The zero-order valence-electron chi connectivity index (χ0n) is 11.2. The van der Waals surface area contributed by atoms with Crippen molar-refractivity contribution in [2.45, 2.75) is 6.54 Å². The van der Waals surface area contributed by atoms with Crippen LogP contribution in [0.4, 0.5) is 0 Å². The minimum atomic E-state index is -0.228. The quantitative estimate of drug-likeness (QED) is 0.695. The maximum absolute atomic E-state index is 12.3. The van der Waals surface area contributed by atoms with E-state index in [1.54, 1.807) is 7.05 Å². The third-order valence-corrected chi connectivity index (χ3v) is 3.40. The van der Waals surface area contributed by atoms with E-state index in [-0.39, 0.29) is 5.56 Å². The lowest BCUT2D eigenvalue weighted by molar-refractivity contribution is 0.595. The van der Waals surface area contributed by atoms with Crippen molar-refractivity contribution in [3.63, 3.8) is 0 Å². The Morgan fingerprint density at radius 2 is 2.24 bits per heavy atom. The van der Waals surface area contributed by atoms with E-state index < -0.39 is 0 Å². The number of rotatable bonds is 3. The van der Waals surface area contributed by atoms with Gasteiger partial charge in [-0.15, -0.1) is 5.10 Å². The average Bonchev–Trinajstić information content (AvgIpc) is 2.84. The summed E-state index contributed by atoms with van der Waals surface area (Å²) >= 11 is 4.95. The second-order valence-electron chi connectivity index (χ2n) is 4.62. The van der Waals surface area contributed by atoms with Crippen LogP contribution in [0.3, 0.4) is 0 Å². The molecule has 0 aliphatic carbocycles. The van der Waals surface area contributed by atoms with Crippen molar-refractivity contribution < 1.29 is 0 Å². The summed E-state index contributed by atoms with van der Waals surface area (Å²) < 4.78 is 2.81. The van der Waals surface area contributed by atoms with Crippen LogP contribution in [0.2, 0.25) is 0 Å². The minimum absolute atomic E-state index is 0.228. The highest BCUT2D eigenvalue weighted by molar-refractivity contribution is 7.80. The summed E-state index contributed by atoms with van der Waals surface area (Å²) in [6, 6.07) is 7.38. The third-order valence-electron chi connectivity index (χ3n) is 3.16. The molecule has 0 aliphatic heterocycles. The summed E-state index contributed by atoms with van der Waals surface area (Å²) in [6.07, 6.45) is 1.49. The number of aromatic nitrogens is 5. The zero-order chi connectivity index (χ0) is 15.0. The van der Waals surface area contributed by atoms with E-state index in [0.29, 0.717) is 22.6 Å². The zero-order valence-corrected chi connectivity index (χ0v) is 12.0. The molecular weight excluding hydrogens is 288 g/mol. The number of nitrogens with zero attached hydrogens (tertiary/aromatic N) is 5. The standard InChI is InChI=1S/C13H12N6OS/c1-18-12-10(6-15-18)13(20)19(17-16-12)7-8-3-2-4-9(5-8)11(14)21/h2-6H,7H2,1H3,(H2,14,21). The van der Waals surface area contributed by atoms with Crippen LogP contribution < -0.4 is 11.3 Å². The molecule has 2 aromatic heterocycles. The van der Waals surface area contributed by atoms with Crippen LogP contribution >= 0.6 is 12.2 Å². The van der Waals surface area contributed by atoms with Crippen LogP contribution in [0.5, 0.6) is 0 Å². The fraction of sp³-hybridized carbons (Fsp3) is 0.154. The maximum Gasteiger partial charge on any atom is 0.281 e. The lowest BCUT2D eigenvalue weighted by Gasteiger charge is -2.05. The van der Waals surface area contributed by atoms with Crippen LogP contribution in [-0.4, -0.2) is 29.8 Å². The van der Waals surface area contributed by atoms with E-state index in [1.165, 1.54) is 15.6 Å². The fourth-order valence-electron chi connectivity index (χ4n) is 2.08. The Kier molecular flexibility index (Phi) is 3.22. The Labute approximate surface area is 125 Å². The molecule has 3 aromatic rings. The monoisotopic (exact) mass is 300 g/mol. The lowest BCUT2D eigenvalue weighted by Crippen LogP contribution is -2.25. The molecule has 1 aromatic carbocycles. The van der Waals surface area contributed by atoms with Gasteiger partial charge in [0.2, 0.25) is 0 Å². The number of benzene rings is 1. The Morgan fingerprint density at radius 1 is 1.43 bits per heavy atom. The second-order valence-corrected chi connectivity index (χ2v) is 5.06. The van der Waals surface area contributed by atoms with Crippen molar-refractivity contribution in [3.05, 3.63) is 51.9 Å². The Morgan fingerprint density at radius 3 is 3.00 bits per heavy atom. The van der Waals surface area contributed by atoms with Gasteiger partial charge in [-0.1, -0.05) is 35.6 Å². The van der Waals surface area contributed by atoms with Gasteiger partial charge in [0.05, 0.1) is 12.7 Å². The average molecular weight is 300 g/mol. The number of thiocarbonyl (C=S) groups is 1. The SMILES string of the molecule is Cn1ncc2c(=O)n(Cc3cccc(C(N)=S)c3)nnc21. The highest BCUT2D eigenvalue weighted by Crippen LogP contribution is 2.07. The molecule has 0 fully saturated rings. The van der Waals surface area contributed by atoms with Crippen LogP contribution in [0.25, 0.3) is 11.0 Å². The molecular formula is C13H12N6OS. The molecule has 7 nitrogen and oxygen atoms in total. The van der Waals surface area contributed by atoms with Gasteiger partial charge in [0.25, 0.3) is 5.56 Å². The van der Waals surface area contributed by atoms with Gasteiger partial charge in [-0.3, -0.25) is 4.79 Å². The molecule has 8 heteroatoms. The molecule has 3 rings (SSSR count). The van der Waals surface area contributed by atoms with Crippen molar-refractivity contribution >= 4 is 28.2 Å². The van der Waals surface area contributed by atoms with E-state index in [0.717, 1.165) is 11.1 Å². The number of nitrogens with two attached hydrogens (primary N) is 1. The maximum atomic E-state index is 12.3. The summed E-state index contributed by atoms with van der Waals surface area (Å²) in [5, 5.41) is 12.4. The number of fused-ring (bicyclic) bond motifs is 1. The predicted octanol–water partition coefficient (Wildman–Crippen LogP) is 0.207. The normalized spacial score (nSPS) is 10.9. The second kappa shape index (κ2) is 5.06. The fourth-order valence-corrected chi connectivity index (χ4v) is 2.20. The topological polar surface area (TPSA) is 91.6 Å². The first-order chi connectivity index (χ1) is 10.1. The molecule has 0 saturated heterocycles. The Hall–Kier alpha value is -2.61. The molecule has 106 valence electrons. The summed E-state index contributed by atoms with van der Waals surface area (Å²) in [5.74, 6) is 0. The highest BCUT2D eigenvalue weighted by atomic mass is 32.1. The van der Waals surface area contributed by atoms with Crippen LogP contribution in [0, 0.1) is 0 Å². The van der Waals surface area contributed by atoms with Crippen LogP contribution in [0.1, 0.15) is 11.1 Å². The largest absolute Gasteiger partial charge is 0.389 e. The van der Waals surface area contributed by atoms with Gasteiger partial charge < -0.3 is 5.73 Å². The van der Waals surface area contributed by atoms with E-state index in [2.05, 4.69) is 15.4 Å². The van der Waals surface area contributed by atoms with Crippen molar-refractivity contribution in [1.29, 1.82) is 0 Å². The van der Waals surface area contributed by atoms with Gasteiger partial charge in [-0.25, -0.2) is 9.36 Å². The highest BCUT2D eigenvalue weighted by Gasteiger charge is 2.10. The molecule has 0 amide bonds. The summed E-state index contributed by atoms with van der Waals surface area (Å²) in [6.45, 7) is 0.299. The third kappa shape index (κ3) is 2.40. The molecule has 2 heterocycles. The van der Waals surface area contributed by atoms with E-state index in [1.807, 2.05) is 24.3 Å². The Bertz CT molecular complexity index is 897. The van der Waals surface area contributed by atoms with Crippen molar-refractivity contribution in [2.75, 3.05) is 0 Å². The first-order valence-corrected chi connectivity index (χ1v) is 6.61. The molecule has 0 bridgehead atoms. The van der Waals surface area contributed by atoms with E-state index in [4.69, 9.17) is 18.0 Å². The molecule has 0 saturated carbocycles. The van der Waals surface area contributed by atoms with Crippen molar-refractivity contribution in [1.82, 2.24) is 24.8 Å². The molecule has 0 unspecified atom stereocenters. The Balaban J connectivity index is 2.02. The van der Waals surface area contributed by atoms with E-state index in [9.17, 15) is 4.79 Å². The predicted molar refractivity (Wildman–Crippen MR) is 82.0 cm³/mol. The smallest absolute Gasteiger partial charge is 0.281 e. The molecule has 0 radical (unpaired) electrons. The van der Waals surface area contributed by atoms with E-state index >= 15 is 0 Å². The van der Waals surface area contributed by atoms with Crippen molar-refractivity contribution in [3.8, 4) is 0 Å². The first kappa shape index (κ1) is 13.4. The lowest BCUT2D eigenvalue weighted by atomic mass is 10.1. The molecule has 2 N–H and O–H groups in total. The van der Waals surface area contributed by atoms with Gasteiger partial charge in [-0.05, 0) is 11.6 Å². The van der Waals surface area contributed by atoms with Crippen molar-refractivity contribution in [2.24, 2.45) is 12.8 Å². The van der Waals surface area contributed by atoms with Crippen LogP contribution in [0.15, 0.2) is 35.3 Å². The van der Waals surface area contributed by atoms with Gasteiger partial charge in [-0.2, -0.15) is 5.10 Å².